The highest BCUT2D eigenvalue weighted by molar-refractivity contribution is 5.52. The molecular formula is C9H12N2. The van der Waals surface area contributed by atoms with Crippen molar-refractivity contribution in [3.8, 4) is 0 Å². The van der Waals surface area contributed by atoms with Crippen LogP contribution in [0.3, 0.4) is 0 Å². The highest BCUT2D eigenvalue weighted by Crippen LogP contribution is 2.44. The molecular weight excluding hydrogens is 136 g/mol. The summed E-state index contributed by atoms with van der Waals surface area (Å²) < 4.78 is 0. The Morgan fingerprint density at radius 1 is 1.18 bits per heavy atom. The van der Waals surface area contributed by atoms with Crippen molar-refractivity contribution in [2.75, 3.05) is 5.73 Å². The van der Waals surface area contributed by atoms with Gasteiger partial charge in [-0.3, -0.25) is 0 Å². The van der Waals surface area contributed by atoms with Crippen LogP contribution in [0.25, 0.3) is 0 Å². The molecule has 0 heterocycles. The summed E-state index contributed by atoms with van der Waals surface area (Å²) in [6, 6.07) is 7.84. The Morgan fingerprint density at radius 3 is 2.36 bits per heavy atom. The smallest absolute Gasteiger partial charge is 0.0431 e. The molecule has 2 rings (SSSR count). The van der Waals surface area contributed by atoms with Crippen molar-refractivity contribution < 1.29 is 0 Å². The van der Waals surface area contributed by atoms with Crippen LogP contribution in [0.4, 0.5) is 5.69 Å². The molecule has 1 saturated carbocycles. The van der Waals surface area contributed by atoms with E-state index in [2.05, 4.69) is 0 Å². The SMILES string of the molecule is Nc1ccccc1C1(N)CC1. The van der Waals surface area contributed by atoms with Gasteiger partial charge >= 0.3 is 0 Å². The van der Waals surface area contributed by atoms with Gasteiger partial charge in [0.2, 0.25) is 0 Å². The van der Waals surface area contributed by atoms with E-state index in [-0.39, 0.29) is 5.54 Å². The van der Waals surface area contributed by atoms with Gasteiger partial charge in [0, 0.05) is 11.2 Å². The van der Waals surface area contributed by atoms with Gasteiger partial charge in [-0.05, 0) is 24.5 Å². The minimum atomic E-state index is -0.0919. The van der Waals surface area contributed by atoms with E-state index >= 15 is 0 Å². The molecule has 0 bridgehead atoms. The van der Waals surface area contributed by atoms with Gasteiger partial charge in [0.25, 0.3) is 0 Å². The summed E-state index contributed by atoms with van der Waals surface area (Å²) in [4.78, 5) is 0. The molecule has 0 aliphatic heterocycles. The Kier molecular flexibility index (Phi) is 1.20. The van der Waals surface area contributed by atoms with Gasteiger partial charge in [0.15, 0.2) is 0 Å². The molecule has 1 aliphatic carbocycles. The Bertz CT molecular complexity index is 277. The first kappa shape index (κ1) is 6.68. The van der Waals surface area contributed by atoms with Crippen LogP contribution in [-0.2, 0) is 5.54 Å². The van der Waals surface area contributed by atoms with Gasteiger partial charge in [0.05, 0.1) is 0 Å². The second kappa shape index (κ2) is 1.98. The summed E-state index contributed by atoms with van der Waals surface area (Å²) in [5, 5.41) is 0. The average Bonchev–Trinajstić information content (AvgIpc) is 2.70. The molecule has 1 fully saturated rings. The van der Waals surface area contributed by atoms with E-state index in [1.54, 1.807) is 0 Å². The maximum absolute atomic E-state index is 5.99. The molecule has 0 aromatic heterocycles. The highest BCUT2D eigenvalue weighted by Gasteiger charge is 2.40. The summed E-state index contributed by atoms with van der Waals surface area (Å²) in [6.07, 6.45) is 2.14. The number of nitrogen functional groups attached to an aromatic ring is 1. The number of benzene rings is 1. The van der Waals surface area contributed by atoms with E-state index in [0.717, 1.165) is 24.1 Å². The van der Waals surface area contributed by atoms with Crippen molar-refractivity contribution in [2.24, 2.45) is 5.73 Å². The third-order valence-corrected chi connectivity index (χ3v) is 2.29. The molecule has 0 radical (unpaired) electrons. The van der Waals surface area contributed by atoms with Crippen molar-refractivity contribution in [3.05, 3.63) is 29.8 Å². The lowest BCUT2D eigenvalue weighted by atomic mass is 10.0. The summed E-state index contributed by atoms with van der Waals surface area (Å²) in [5.74, 6) is 0. The molecule has 2 heteroatoms. The van der Waals surface area contributed by atoms with Gasteiger partial charge in [0.1, 0.15) is 0 Å². The lowest BCUT2D eigenvalue weighted by Crippen LogP contribution is -2.20. The third-order valence-electron chi connectivity index (χ3n) is 2.29. The second-order valence-electron chi connectivity index (χ2n) is 3.24. The van der Waals surface area contributed by atoms with Crippen molar-refractivity contribution in [2.45, 2.75) is 18.4 Å². The predicted octanol–water partition coefficient (Wildman–Crippen LogP) is 1.22. The zero-order valence-electron chi connectivity index (χ0n) is 6.38. The zero-order chi connectivity index (χ0) is 7.90. The topological polar surface area (TPSA) is 52.0 Å². The molecule has 1 aliphatic rings. The van der Waals surface area contributed by atoms with Gasteiger partial charge in [-0.25, -0.2) is 0 Å². The quantitative estimate of drug-likeness (QED) is 0.588. The normalized spacial score (nSPS) is 19.7. The molecule has 0 amide bonds. The average molecular weight is 148 g/mol. The van der Waals surface area contributed by atoms with Crippen LogP contribution >= 0.6 is 0 Å². The first-order valence-corrected chi connectivity index (χ1v) is 3.86. The van der Waals surface area contributed by atoms with Crippen LogP contribution in [0.1, 0.15) is 18.4 Å². The monoisotopic (exact) mass is 148 g/mol. The summed E-state index contributed by atoms with van der Waals surface area (Å²) in [7, 11) is 0. The Hall–Kier alpha value is -1.02. The fraction of sp³-hybridized carbons (Fsp3) is 0.333. The van der Waals surface area contributed by atoms with Crippen LogP contribution in [0.2, 0.25) is 0 Å². The van der Waals surface area contributed by atoms with Crippen molar-refractivity contribution >= 4 is 5.69 Å². The molecule has 4 N–H and O–H groups in total. The fourth-order valence-corrected chi connectivity index (χ4v) is 1.35. The first-order chi connectivity index (χ1) is 5.22. The van der Waals surface area contributed by atoms with E-state index in [0.29, 0.717) is 0 Å². The molecule has 1 aromatic carbocycles. The second-order valence-corrected chi connectivity index (χ2v) is 3.24. The number of rotatable bonds is 1. The number of hydrogen-bond acceptors (Lipinski definition) is 2. The minimum absolute atomic E-state index is 0.0919. The fourth-order valence-electron chi connectivity index (χ4n) is 1.35. The van der Waals surface area contributed by atoms with E-state index in [1.165, 1.54) is 0 Å². The molecule has 11 heavy (non-hydrogen) atoms. The summed E-state index contributed by atoms with van der Waals surface area (Å²) in [5.41, 5.74) is 13.6. The maximum Gasteiger partial charge on any atom is 0.0431 e. The summed E-state index contributed by atoms with van der Waals surface area (Å²) in [6.45, 7) is 0. The Labute approximate surface area is 66.2 Å². The van der Waals surface area contributed by atoms with Crippen LogP contribution in [-0.4, -0.2) is 0 Å². The molecule has 1 aromatic rings. The van der Waals surface area contributed by atoms with Crippen LogP contribution in [0.15, 0.2) is 24.3 Å². The predicted molar refractivity (Wildman–Crippen MR) is 46.0 cm³/mol. The molecule has 2 nitrogen and oxygen atoms in total. The number of anilines is 1. The first-order valence-electron chi connectivity index (χ1n) is 3.86. The van der Waals surface area contributed by atoms with Crippen molar-refractivity contribution in [1.82, 2.24) is 0 Å². The largest absolute Gasteiger partial charge is 0.398 e. The van der Waals surface area contributed by atoms with Crippen molar-refractivity contribution in [3.63, 3.8) is 0 Å². The van der Waals surface area contributed by atoms with E-state index in [1.807, 2.05) is 24.3 Å². The van der Waals surface area contributed by atoms with Crippen LogP contribution in [0, 0.1) is 0 Å². The number of para-hydroxylation sites is 1. The van der Waals surface area contributed by atoms with Crippen LogP contribution < -0.4 is 11.5 Å². The van der Waals surface area contributed by atoms with Crippen molar-refractivity contribution in [1.29, 1.82) is 0 Å². The number of nitrogens with two attached hydrogens (primary N) is 2. The number of hydrogen-bond donors (Lipinski definition) is 2. The Balaban J connectivity index is 2.45. The summed E-state index contributed by atoms with van der Waals surface area (Å²) >= 11 is 0. The van der Waals surface area contributed by atoms with E-state index in [4.69, 9.17) is 11.5 Å². The van der Waals surface area contributed by atoms with Crippen LogP contribution in [0.5, 0.6) is 0 Å². The molecule has 0 saturated heterocycles. The van der Waals surface area contributed by atoms with E-state index < -0.39 is 0 Å². The lowest BCUT2D eigenvalue weighted by Gasteiger charge is -2.10. The molecule has 58 valence electrons. The molecule has 0 unspecified atom stereocenters. The van der Waals surface area contributed by atoms with Gasteiger partial charge in [-0.2, -0.15) is 0 Å². The minimum Gasteiger partial charge on any atom is -0.398 e. The lowest BCUT2D eigenvalue weighted by molar-refractivity contribution is 0.743. The van der Waals surface area contributed by atoms with Gasteiger partial charge < -0.3 is 11.5 Å². The molecule has 0 atom stereocenters. The highest BCUT2D eigenvalue weighted by atomic mass is 14.8. The van der Waals surface area contributed by atoms with Gasteiger partial charge in [-0.15, -0.1) is 0 Å². The maximum atomic E-state index is 5.99. The third kappa shape index (κ3) is 0.994. The Morgan fingerprint density at radius 2 is 1.82 bits per heavy atom. The zero-order valence-corrected chi connectivity index (χ0v) is 6.38. The standard InChI is InChI=1S/C9H12N2/c10-8-4-2-1-3-7(8)9(11)5-6-9/h1-4H,5-6,10-11H2. The van der Waals surface area contributed by atoms with E-state index in [9.17, 15) is 0 Å². The van der Waals surface area contributed by atoms with Gasteiger partial charge in [-0.1, -0.05) is 18.2 Å². The molecule has 0 spiro atoms.